The van der Waals surface area contributed by atoms with E-state index in [1.807, 2.05) is 6.92 Å². The molecule has 0 amide bonds. The topological polar surface area (TPSA) is 67.8 Å². The van der Waals surface area contributed by atoms with Gasteiger partial charge in [-0.25, -0.2) is 4.39 Å². The summed E-state index contributed by atoms with van der Waals surface area (Å²) < 4.78 is 14.3. The third-order valence-electron chi connectivity index (χ3n) is 9.34. The number of oxime groups is 1. The number of fused-ring (bicyclic) bond motifs is 5. The molecule has 5 rings (SSSR count). The summed E-state index contributed by atoms with van der Waals surface area (Å²) in [6.45, 7) is 6.04. The lowest BCUT2D eigenvalue weighted by atomic mass is 9.45. The monoisotopic (exact) mass is 404 g/mol. The average Bonchev–Trinajstić information content (AvgIpc) is 3.29. The van der Waals surface area contributed by atoms with Gasteiger partial charge in [0.15, 0.2) is 12.0 Å². The maximum Gasteiger partial charge on any atom is 0.173 e. The Hall–Kier alpha value is -1.30. The van der Waals surface area contributed by atoms with Gasteiger partial charge in [-0.2, -0.15) is 0 Å². The van der Waals surface area contributed by atoms with E-state index in [-0.39, 0.29) is 35.1 Å². The van der Waals surface area contributed by atoms with Crippen molar-refractivity contribution in [3.05, 3.63) is 0 Å². The molecular weight excluding hydrogens is 371 g/mol. The highest BCUT2D eigenvalue weighted by atomic mass is 19.1. The summed E-state index contributed by atoms with van der Waals surface area (Å²) >= 11 is 0. The number of carbonyl (C=O) groups excluding carboxylic acids is 2. The van der Waals surface area contributed by atoms with Crippen LogP contribution < -0.4 is 5.32 Å². The van der Waals surface area contributed by atoms with Gasteiger partial charge in [0.2, 0.25) is 0 Å². The largest absolute Gasteiger partial charge is 0.391 e. The third-order valence-corrected chi connectivity index (χ3v) is 9.34. The first-order chi connectivity index (χ1) is 13.8. The van der Waals surface area contributed by atoms with E-state index >= 15 is 0 Å². The lowest BCUT2D eigenvalue weighted by Gasteiger charge is -2.58. The Labute approximate surface area is 172 Å². The smallest absolute Gasteiger partial charge is 0.173 e. The maximum atomic E-state index is 14.3. The zero-order valence-electron chi connectivity index (χ0n) is 17.6. The minimum absolute atomic E-state index is 0.0100. The van der Waals surface area contributed by atoms with E-state index in [4.69, 9.17) is 4.84 Å². The van der Waals surface area contributed by atoms with Gasteiger partial charge in [-0.3, -0.25) is 9.59 Å². The van der Waals surface area contributed by atoms with E-state index in [9.17, 15) is 14.0 Å². The molecular formula is C23H33FN2O3. The number of hydrogen-bond acceptors (Lipinski definition) is 5. The fourth-order valence-corrected chi connectivity index (χ4v) is 7.55. The molecule has 29 heavy (non-hydrogen) atoms. The van der Waals surface area contributed by atoms with Crippen LogP contribution in [0.15, 0.2) is 5.16 Å². The first kappa shape index (κ1) is 19.7. The quantitative estimate of drug-likeness (QED) is 0.716. The van der Waals surface area contributed by atoms with Crippen LogP contribution in [-0.2, 0) is 14.4 Å². The van der Waals surface area contributed by atoms with Crippen molar-refractivity contribution >= 4 is 17.3 Å². The Balaban J connectivity index is 1.36. The minimum atomic E-state index is -1.34. The van der Waals surface area contributed by atoms with E-state index in [2.05, 4.69) is 17.4 Å². The standard InChI is InChI=1S/C23H33FN2O3/c1-22-6-3-13(26-29-14-5-8-25-12-14)9-18(22)20(27)10-15-16(22)4-7-23(2)17(15)11-19(24)21(23)28/h14-19,25H,3-12H2,1-2H3/b26-13-/t14-,15?,16?,17?,18?,19+,22+,23-/m0/s1. The van der Waals surface area contributed by atoms with Crippen molar-refractivity contribution in [2.24, 2.45) is 39.7 Å². The van der Waals surface area contributed by atoms with E-state index < -0.39 is 11.6 Å². The maximum absolute atomic E-state index is 14.3. The van der Waals surface area contributed by atoms with Crippen molar-refractivity contribution < 1.29 is 18.8 Å². The Morgan fingerprint density at radius 3 is 2.72 bits per heavy atom. The molecule has 0 aromatic rings. The van der Waals surface area contributed by atoms with Gasteiger partial charge in [0.05, 0.1) is 5.71 Å². The molecule has 0 spiro atoms. The molecule has 1 aliphatic heterocycles. The van der Waals surface area contributed by atoms with Gasteiger partial charge in [-0.05, 0) is 68.2 Å². The summed E-state index contributed by atoms with van der Waals surface area (Å²) in [5.41, 5.74) is 0.396. The average molecular weight is 405 g/mol. The molecule has 8 atom stereocenters. The predicted molar refractivity (Wildman–Crippen MR) is 107 cm³/mol. The Kier molecular flexibility index (Phi) is 4.65. The van der Waals surface area contributed by atoms with Crippen molar-refractivity contribution in [2.45, 2.75) is 77.5 Å². The number of halogens is 1. The van der Waals surface area contributed by atoms with Gasteiger partial charge < -0.3 is 10.2 Å². The summed E-state index contributed by atoms with van der Waals surface area (Å²) in [4.78, 5) is 31.5. The molecule has 4 aliphatic carbocycles. The second-order valence-electron chi connectivity index (χ2n) is 10.7. The van der Waals surface area contributed by atoms with E-state index in [1.165, 1.54) is 0 Å². The summed E-state index contributed by atoms with van der Waals surface area (Å²) in [5.74, 6) is 0.664. The molecule has 5 aliphatic rings. The third kappa shape index (κ3) is 2.92. The lowest BCUT2D eigenvalue weighted by Crippen LogP contribution is -2.56. The molecule has 0 bridgehead atoms. The van der Waals surface area contributed by atoms with Crippen LogP contribution in [0.1, 0.15) is 65.2 Å². The van der Waals surface area contributed by atoms with Crippen LogP contribution in [0.4, 0.5) is 4.39 Å². The number of hydrogen-bond donors (Lipinski definition) is 1. The molecule has 1 saturated heterocycles. The van der Waals surface area contributed by atoms with E-state index in [0.717, 1.165) is 50.9 Å². The Bertz CT molecular complexity index is 748. The Morgan fingerprint density at radius 1 is 1.14 bits per heavy atom. The van der Waals surface area contributed by atoms with E-state index in [0.29, 0.717) is 31.0 Å². The van der Waals surface area contributed by atoms with Gasteiger partial charge in [-0.1, -0.05) is 19.0 Å². The number of rotatable bonds is 2. The zero-order chi connectivity index (χ0) is 20.4. The molecule has 1 heterocycles. The highest BCUT2D eigenvalue weighted by Gasteiger charge is 2.64. The van der Waals surface area contributed by atoms with Crippen molar-refractivity contribution in [3.8, 4) is 0 Å². The lowest BCUT2D eigenvalue weighted by molar-refractivity contribution is -0.152. The predicted octanol–water partition coefficient (Wildman–Crippen LogP) is 3.46. The molecule has 4 unspecified atom stereocenters. The number of nitrogens with one attached hydrogen (secondary N) is 1. The van der Waals surface area contributed by atoms with Gasteiger partial charge in [0.1, 0.15) is 11.9 Å². The number of Topliss-reactive ketones (excluding diaryl/α,β-unsaturated/α-hetero) is 2. The minimum Gasteiger partial charge on any atom is -0.391 e. The Morgan fingerprint density at radius 2 is 1.97 bits per heavy atom. The van der Waals surface area contributed by atoms with Crippen molar-refractivity contribution in [1.82, 2.24) is 5.32 Å². The molecule has 5 nitrogen and oxygen atoms in total. The van der Waals surface area contributed by atoms with Crippen LogP contribution in [0.5, 0.6) is 0 Å². The van der Waals surface area contributed by atoms with Crippen LogP contribution in [0.3, 0.4) is 0 Å². The number of ketones is 2. The highest BCUT2D eigenvalue weighted by Crippen LogP contribution is 2.64. The van der Waals surface area contributed by atoms with Gasteiger partial charge in [0.25, 0.3) is 0 Å². The zero-order valence-corrected chi connectivity index (χ0v) is 17.6. The first-order valence-electron chi connectivity index (χ1n) is 11.5. The van der Waals surface area contributed by atoms with Crippen LogP contribution in [0, 0.1) is 34.5 Å². The van der Waals surface area contributed by atoms with Crippen molar-refractivity contribution in [2.75, 3.05) is 13.1 Å². The second-order valence-corrected chi connectivity index (χ2v) is 10.7. The van der Waals surface area contributed by atoms with Crippen LogP contribution >= 0.6 is 0 Å². The van der Waals surface area contributed by atoms with Gasteiger partial charge >= 0.3 is 0 Å². The number of nitrogens with zero attached hydrogens (tertiary/aromatic N) is 1. The molecule has 0 aromatic heterocycles. The number of carbonyl (C=O) groups is 2. The van der Waals surface area contributed by atoms with Crippen molar-refractivity contribution in [1.29, 1.82) is 0 Å². The molecule has 5 fully saturated rings. The van der Waals surface area contributed by atoms with Gasteiger partial charge in [0, 0.05) is 30.7 Å². The summed E-state index contributed by atoms with van der Waals surface area (Å²) in [5, 5.41) is 7.72. The van der Waals surface area contributed by atoms with Gasteiger partial charge in [-0.15, -0.1) is 0 Å². The SMILES string of the molecule is C[C@]12CC/C(=N/O[C@H]3CCNC3)CC1C(=O)CC1C2CC[C@]2(C)C(=O)[C@H](F)CC12. The molecule has 160 valence electrons. The number of alkyl halides is 1. The summed E-state index contributed by atoms with van der Waals surface area (Å²) in [6, 6.07) is 0. The molecule has 0 radical (unpaired) electrons. The molecule has 4 saturated carbocycles. The van der Waals surface area contributed by atoms with Crippen LogP contribution in [0.2, 0.25) is 0 Å². The summed E-state index contributed by atoms with van der Waals surface area (Å²) in [7, 11) is 0. The highest BCUT2D eigenvalue weighted by molar-refractivity contribution is 5.94. The van der Waals surface area contributed by atoms with Crippen LogP contribution in [0.25, 0.3) is 0 Å². The van der Waals surface area contributed by atoms with Crippen molar-refractivity contribution in [3.63, 3.8) is 0 Å². The van der Waals surface area contributed by atoms with Crippen LogP contribution in [-0.4, -0.2) is 42.6 Å². The first-order valence-corrected chi connectivity index (χ1v) is 11.5. The fraction of sp³-hybridized carbons (Fsp3) is 0.870. The second kappa shape index (κ2) is 6.86. The normalized spacial score (nSPS) is 50.9. The molecule has 1 N–H and O–H groups in total. The summed E-state index contributed by atoms with van der Waals surface area (Å²) in [6.07, 6.45) is 4.83. The van der Waals surface area contributed by atoms with E-state index in [1.54, 1.807) is 0 Å². The molecule has 0 aromatic carbocycles. The fourth-order valence-electron chi connectivity index (χ4n) is 7.55. The molecule has 6 heteroatoms.